The van der Waals surface area contributed by atoms with Crippen molar-refractivity contribution in [2.24, 2.45) is 0 Å². The molecule has 1 heterocycles. The van der Waals surface area contributed by atoms with Gasteiger partial charge in [0.25, 0.3) is 0 Å². The molecule has 0 spiro atoms. The second kappa shape index (κ2) is 7.06. The summed E-state index contributed by atoms with van der Waals surface area (Å²) in [6.07, 6.45) is 5.72. The predicted octanol–water partition coefficient (Wildman–Crippen LogP) is 3.56. The molecule has 1 saturated heterocycles. The fraction of sp³-hybridized carbons (Fsp3) is 0.647. The van der Waals surface area contributed by atoms with Gasteiger partial charge in [-0.15, -0.1) is 0 Å². The highest BCUT2D eigenvalue weighted by molar-refractivity contribution is 5.15. The summed E-state index contributed by atoms with van der Waals surface area (Å²) < 4.78 is 6.06. The molecule has 0 radical (unpaired) electrons. The molecule has 1 aromatic rings. The Kier molecular flexibility index (Phi) is 5.41. The van der Waals surface area contributed by atoms with Crippen molar-refractivity contribution < 1.29 is 4.74 Å². The molecule has 19 heavy (non-hydrogen) atoms. The summed E-state index contributed by atoms with van der Waals surface area (Å²) in [5.41, 5.74) is 1.45. The van der Waals surface area contributed by atoms with Gasteiger partial charge in [-0.1, -0.05) is 37.3 Å². The van der Waals surface area contributed by atoms with E-state index in [4.69, 9.17) is 4.74 Å². The maximum Gasteiger partial charge on any atom is 0.0672 e. The summed E-state index contributed by atoms with van der Waals surface area (Å²) in [5, 5.41) is 3.64. The van der Waals surface area contributed by atoms with E-state index in [0.29, 0.717) is 6.04 Å². The number of ether oxygens (including phenoxy) is 1. The molecule has 1 fully saturated rings. The summed E-state index contributed by atoms with van der Waals surface area (Å²) in [4.78, 5) is 0. The number of nitrogens with one attached hydrogen (secondary N) is 1. The highest BCUT2D eigenvalue weighted by Crippen LogP contribution is 2.29. The summed E-state index contributed by atoms with van der Waals surface area (Å²) in [7, 11) is 0. The quantitative estimate of drug-likeness (QED) is 0.845. The fourth-order valence-electron chi connectivity index (χ4n) is 2.88. The minimum absolute atomic E-state index is 0.0412. The number of hydrogen-bond acceptors (Lipinski definition) is 2. The predicted molar refractivity (Wildman–Crippen MR) is 80.4 cm³/mol. The zero-order valence-corrected chi connectivity index (χ0v) is 12.3. The lowest BCUT2D eigenvalue weighted by Crippen LogP contribution is -2.45. The van der Waals surface area contributed by atoms with Gasteiger partial charge >= 0.3 is 0 Å². The second-order valence-electron chi connectivity index (χ2n) is 5.93. The molecule has 0 saturated carbocycles. The number of hydrogen-bond donors (Lipinski definition) is 1. The van der Waals surface area contributed by atoms with E-state index in [-0.39, 0.29) is 5.60 Å². The average Bonchev–Trinajstić information content (AvgIpc) is 2.44. The van der Waals surface area contributed by atoms with Crippen LogP contribution in [-0.2, 0) is 11.2 Å². The van der Waals surface area contributed by atoms with E-state index in [1.165, 1.54) is 12.0 Å². The number of rotatable bonds is 6. The van der Waals surface area contributed by atoms with Crippen LogP contribution >= 0.6 is 0 Å². The highest BCUT2D eigenvalue weighted by atomic mass is 16.5. The first-order chi connectivity index (χ1) is 9.22. The lowest BCUT2D eigenvalue weighted by atomic mass is 9.87. The molecule has 0 amide bonds. The van der Waals surface area contributed by atoms with E-state index in [1.54, 1.807) is 0 Å². The zero-order valence-electron chi connectivity index (χ0n) is 12.3. The van der Waals surface area contributed by atoms with Gasteiger partial charge in [0.1, 0.15) is 0 Å². The van der Waals surface area contributed by atoms with E-state index in [2.05, 4.69) is 49.5 Å². The van der Waals surface area contributed by atoms with E-state index in [9.17, 15) is 0 Å². The maximum absolute atomic E-state index is 6.06. The third-order valence-corrected chi connectivity index (χ3v) is 4.06. The molecule has 2 heteroatoms. The van der Waals surface area contributed by atoms with Gasteiger partial charge in [-0.05, 0) is 51.1 Å². The molecule has 2 unspecified atom stereocenters. The van der Waals surface area contributed by atoms with Gasteiger partial charge < -0.3 is 10.1 Å². The van der Waals surface area contributed by atoms with Crippen LogP contribution in [0.25, 0.3) is 0 Å². The molecule has 2 nitrogen and oxygen atoms in total. The fourth-order valence-corrected chi connectivity index (χ4v) is 2.88. The van der Waals surface area contributed by atoms with Crippen LogP contribution in [0.4, 0.5) is 0 Å². The van der Waals surface area contributed by atoms with Crippen LogP contribution in [0.3, 0.4) is 0 Å². The first-order valence-electron chi connectivity index (χ1n) is 7.63. The summed E-state index contributed by atoms with van der Waals surface area (Å²) in [6.45, 7) is 6.52. The molecule has 1 aromatic carbocycles. The Morgan fingerprint density at radius 1 is 1.32 bits per heavy atom. The van der Waals surface area contributed by atoms with Gasteiger partial charge in [-0.3, -0.25) is 0 Å². The summed E-state index contributed by atoms with van der Waals surface area (Å²) in [5.74, 6) is 0. The molecule has 1 aliphatic heterocycles. The summed E-state index contributed by atoms with van der Waals surface area (Å²) >= 11 is 0. The standard InChI is InChI=1S/C17H27NO/c1-3-12-18-16-10-13-19-17(2,14-16)11-9-15-7-5-4-6-8-15/h4-8,16,18H,3,9-14H2,1-2H3. The van der Waals surface area contributed by atoms with Crippen LogP contribution in [0.5, 0.6) is 0 Å². The van der Waals surface area contributed by atoms with Crippen LogP contribution in [0.15, 0.2) is 30.3 Å². The highest BCUT2D eigenvalue weighted by Gasteiger charge is 2.32. The molecule has 106 valence electrons. The monoisotopic (exact) mass is 261 g/mol. The topological polar surface area (TPSA) is 21.3 Å². The Bertz CT molecular complexity index is 365. The average molecular weight is 261 g/mol. The molecular formula is C17H27NO. The Morgan fingerprint density at radius 2 is 2.11 bits per heavy atom. The molecule has 0 aromatic heterocycles. The second-order valence-corrected chi connectivity index (χ2v) is 5.93. The van der Waals surface area contributed by atoms with Crippen molar-refractivity contribution in [1.29, 1.82) is 0 Å². The first-order valence-corrected chi connectivity index (χ1v) is 7.63. The van der Waals surface area contributed by atoms with Crippen molar-refractivity contribution in [3.8, 4) is 0 Å². The van der Waals surface area contributed by atoms with Crippen LogP contribution in [0.1, 0.15) is 45.1 Å². The first kappa shape index (κ1) is 14.5. The normalized spacial score (nSPS) is 27.4. The Hall–Kier alpha value is -0.860. The van der Waals surface area contributed by atoms with Crippen molar-refractivity contribution in [2.75, 3.05) is 13.2 Å². The van der Waals surface area contributed by atoms with Gasteiger partial charge in [0.2, 0.25) is 0 Å². The maximum atomic E-state index is 6.06. The van der Waals surface area contributed by atoms with Gasteiger partial charge in [-0.2, -0.15) is 0 Å². The lowest BCUT2D eigenvalue weighted by Gasteiger charge is -2.39. The van der Waals surface area contributed by atoms with Crippen LogP contribution < -0.4 is 5.32 Å². The van der Waals surface area contributed by atoms with Crippen molar-refractivity contribution in [3.63, 3.8) is 0 Å². The SMILES string of the molecule is CCCNC1CCOC(C)(CCc2ccccc2)C1. The number of aryl methyl sites for hydroxylation is 1. The van der Waals surface area contributed by atoms with Gasteiger partial charge in [-0.25, -0.2) is 0 Å². The molecule has 0 bridgehead atoms. The van der Waals surface area contributed by atoms with Crippen molar-refractivity contribution in [1.82, 2.24) is 5.32 Å². The van der Waals surface area contributed by atoms with Crippen LogP contribution in [0, 0.1) is 0 Å². The van der Waals surface area contributed by atoms with Gasteiger partial charge in [0, 0.05) is 12.6 Å². The zero-order chi connectivity index (χ0) is 13.6. The van der Waals surface area contributed by atoms with Crippen LogP contribution in [0.2, 0.25) is 0 Å². The molecule has 2 rings (SSSR count). The van der Waals surface area contributed by atoms with Crippen molar-refractivity contribution in [2.45, 2.75) is 57.6 Å². The van der Waals surface area contributed by atoms with Gasteiger partial charge in [0.05, 0.1) is 5.60 Å². The molecule has 0 aliphatic carbocycles. The van der Waals surface area contributed by atoms with Gasteiger partial charge in [0.15, 0.2) is 0 Å². The Balaban J connectivity index is 1.83. The van der Waals surface area contributed by atoms with E-state index >= 15 is 0 Å². The third kappa shape index (κ3) is 4.63. The number of benzene rings is 1. The van der Waals surface area contributed by atoms with E-state index in [0.717, 1.165) is 38.8 Å². The van der Waals surface area contributed by atoms with Crippen molar-refractivity contribution in [3.05, 3.63) is 35.9 Å². The van der Waals surface area contributed by atoms with E-state index < -0.39 is 0 Å². The molecule has 2 atom stereocenters. The molecule has 1 N–H and O–H groups in total. The largest absolute Gasteiger partial charge is 0.375 e. The third-order valence-electron chi connectivity index (χ3n) is 4.06. The lowest BCUT2D eigenvalue weighted by molar-refractivity contribution is -0.0804. The summed E-state index contributed by atoms with van der Waals surface area (Å²) in [6, 6.07) is 11.4. The Morgan fingerprint density at radius 3 is 2.84 bits per heavy atom. The van der Waals surface area contributed by atoms with E-state index in [1.807, 2.05) is 0 Å². The molecule has 1 aliphatic rings. The van der Waals surface area contributed by atoms with Crippen LogP contribution in [-0.4, -0.2) is 24.8 Å². The molecular weight excluding hydrogens is 234 g/mol. The Labute approximate surface area is 117 Å². The van der Waals surface area contributed by atoms with Crippen molar-refractivity contribution >= 4 is 0 Å². The smallest absolute Gasteiger partial charge is 0.0672 e. The minimum atomic E-state index is 0.0412. The minimum Gasteiger partial charge on any atom is -0.375 e.